The molecule has 1 aromatic heterocycles. The number of carbonyl (C=O) groups excluding carboxylic acids is 1. The number of hydrogen-bond donors (Lipinski definition) is 3. The van der Waals surface area contributed by atoms with Crippen LogP contribution in [0.5, 0.6) is 0 Å². The van der Waals surface area contributed by atoms with E-state index in [9.17, 15) is 4.79 Å². The van der Waals surface area contributed by atoms with Crippen molar-refractivity contribution in [2.45, 2.75) is 52.1 Å². The van der Waals surface area contributed by atoms with Gasteiger partial charge in [-0.2, -0.15) is 0 Å². The Morgan fingerprint density at radius 1 is 0.871 bits per heavy atom. The van der Waals surface area contributed by atoms with E-state index in [-0.39, 0.29) is 12.1 Å². The molecular formula is C26H33N3OS. The van der Waals surface area contributed by atoms with Gasteiger partial charge in [0.05, 0.1) is 0 Å². The first-order chi connectivity index (χ1) is 15.0. The highest BCUT2D eigenvalue weighted by Gasteiger charge is 2.17. The van der Waals surface area contributed by atoms with Gasteiger partial charge in [-0.05, 0) is 40.0 Å². The monoisotopic (exact) mass is 435 g/mol. The van der Waals surface area contributed by atoms with Gasteiger partial charge in [0.2, 0.25) is 0 Å². The molecule has 4 nitrogen and oxygen atoms in total. The summed E-state index contributed by atoms with van der Waals surface area (Å²) in [4.78, 5) is 14.2. The van der Waals surface area contributed by atoms with E-state index in [1.165, 1.54) is 4.88 Å². The topological polar surface area (TPSA) is 53.2 Å². The summed E-state index contributed by atoms with van der Waals surface area (Å²) >= 11 is 1.73. The highest BCUT2D eigenvalue weighted by atomic mass is 32.1. The van der Waals surface area contributed by atoms with E-state index in [0.29, 0.717) is 18.4 Å². The fourth-order valence-electron chi connectivity index (χ4n) is 3.68. The van der Waals surface area contributed by atoms with Gasteiger partial charge in [0.15, 0.2) is 0 Å². The van der Waals surface area contributed by atoms with Gasteiger partial charge in [0.1, 0.15) is 0 Å². The summed E-state index contributed by atoms with van der Waals surface area (Å²) in [5, 5.41) is 11.9. The zero-order valence-electron chi connectivity index (χ0n) is 18.8. The Bertz CT molecular complexity index is 926. The second kappa shape index (κ2) is 11.1. The summed E-state index contributed by atoms with van der Waals surface area (Å²) in [6.07, 6.45) is 0. The van der Waals surface area contributed by atoms with Crippen LogP contribution in [0.15, 0.2) is 66.0 Å². The molecule has 0 bridgehead atoms. The molecule has 0 saturated carbocycles. The van der Waals surface area contributed by atoms with Gasteiger partial charge in [-0.3, -0.25) is 0 Å². The molecule has 0 fully saturated rings. The molecule has 3 rings (SSSR count). The Morgan fingerprint density at radius 3 is 2.13 bits per heavy atom. The average Bonchev–Trinajstić information content (AvgIpc) is 3.28. The van der Waals surface area contributed by atoms with Gasteiger partial charge in [0.25, 0.3) is 0 Å². The van der Waals surface area contributed by atoms with E-state index in [1.807, 2.05) is 18.2 Å². The SMILES string of the molecule is CC(C)c1cccc(C(C)C)c1NC(=O)NC[C@H](NCc1cccs1)c1ccccc1. The molecule has 2 aromatic carbocycles. The Morgan fingerprint density at radius 2 is 1.55 bits per heavy atom. The van der Waals surface area contributed by atoms with Crippen molar-refractivity contribution in [1.82, 2.24) is 10.6 Å². The van der Waals surface area contributed by atoms with E-state index in [4.69, 9.17) is 0 Å². The number of carbonyl (C=O) groups is 1. The van der Waals surface area contributed by atoms with Crippen LogP contribution < -0.4 is 16.0 Å². The molecule has 0 aliphatic heterocycles. The maximum absolute atomic E-state index is 12.9. The van der Waals surface area contributed by atoms with Crippen molar-refractivity contribution in [3.63, 3.8) is 0 Å². The molecule has 0 saturated heterocycles. The summed E-state index contributed by atoms with van der Waals surface area (Å²) in [6, 6.07) is 20.6. The van der Waals surface area contributed by atoms with Crippen LogP contribution in [-0.4, -0.2) is 12.6 Å². The van der Waals surface area contributed by atoms with Crippen molar-refractivity contribution < 1.29 is 4.79 Å². The average molecular weight is 436 g/mol. The zero-order valence-corrected chi connectivity index (χ0v) is 19.6. The number of urea groups is 1. The molecule has 2 amide bonds. The minimum atomic E-state index is -0.172. The molecule has 0 spiro atoms. The first-order valence-corrected chi connectivity index (χ1v) is 11.8. The second-order valence-corrected chi connectivity index (χ2v) is 9.41. The van der Waals surface area contributed by atoms with Crippen molar-refractivity contribution in [1.29, 1.82) is 0 Å². The van der Waals surface area contributed by atoms with E-state index < -0.39 is 0 Å². The third kappa shape index (κ3) is 6.42. The predicted octanol–water partition coefficient (Wildman–Crippen LogP) is 6.65. The summed E-state index contributed by atoms with van der Waals surface area (Å²) in [5.74, 6) is 0.664. The van der Waals surface area contributed by atoms with Gasteiger partial charge < -0.3 is 16.0 Å². The van der Waals surface area contributed by atoms with Crippen molar-refractivity contribution in [3.8, 4) is 0 Å². The normalized spacial score (nSPS) is 12.2. The van der Waals surface area contributed by atoms with Gasteiger partial charge in [-0.15, -0.1) is 11.3 Å². The molecule has 0 unspecified atom stereocenters. The van der Waals surface area contributed by atoms with Crippen molar-refractivity contribution in [2.75, 3.05) is 11.9 Å². The summed E-state index contributed by atoms with van der Waals surface area (Å²) in [7, 11) is 0. The number of rotatable bonds is 9. The zero-order chi connectivity index (χ0) is 22.2. The van der Waals surface area contributed by atoms with Crippen LogP contribution in [0.25, 0.3) is 0 Å². The van der Waals surface area contributed by atoms with E-state index in [0.717, 1.165) is 28.9 Å². The van der Waals surface area contributed by atoms with Crippen LogP contribution in [0.3, 0.4) is 0 Å². The van der Waals surface area contributed by atoms with Crippen LogP contribution in [0.2, 0.25) is 0 Å². The van der Waals surface area contributed by atoms with E-state index in [2.05, 4.69) is 91.5 Å². The number of hydrogen-bond acceptors (Lipinski definition) is 3. The van der Waals surface area contributed by atoms with Crippen LogP contribution in [0.1, 0.15) is 67.1 Å². The standard InChI is InChI=1S/C26H33N3OS/c1-18(2)22-13-8-14-23(19(3)4)25(22)29-26(30)28-17-24(20-10-6-5-7-11-20)27-16-21-12-9-15-31-21/h5-15,18-19,24,27H,16-17H2,1-4H3,(H2,28,29,30)/t24-/m0/s1. The summed E-state index contributed by atoms with van der Waals surface area (Å²) < 4.78 is 0. The molecular weight excluding hydrogens is 402 g/mol. The Balaban J connectivity index is 1.70. The molecule has 5 heteroatoms. The van der Waals surface area contributed by atoms with Gasteiger partial charge in [-0.25, -0.2) is 4.79 Å². The maximum Gasteiger partial charge on any atom is 0.319 e. The summed E-state index contributed by atoms with van der Waals surface area (Å²) in [5.41, 5.74) is 4.42. The van der Waals surface area contributed by atoms with Gasteiger partial charge in [0, 0.05) is 29.7 Å². The quantitative estimate of drug-likeness (QED) is 0.352. The summed E-state index contributed by atoms with van der Waals surface area (Å²) in [6.45, 7) is 9.89. The lowest BCUT2D eigenvalue weighted by Gasteiger charge is -2.22. The molecule has 1 heterocycles. The number of benzene rings is 2. The third-order valence-corrected chi connectivity index (χ3v) is 6.26. The fourth-order valence-corrected chi connectivity index (χ4v) is 4.33. The molecule has 31 heavy (non-hydrogen) atoms. The largest absolute Gasteiger partial charge is 0.336 e. The van der Waals surface area contributed by atoms with Crippen LogP contribution >= 0.6 is 11.3 Å². The Labute approximate surface area is 190 Å². The lowest BCUT2D eigenvalue weighted by molar-refractivity contribution is 0.250. The molecule has 0 radical (unpaired) electrons. The fraction of sp³-hybridized carbons (Fsp3) is 0.346. The Hall–Kier alpha value is -2.63. The van der Waals surface area contributed by atoms with E-state index in [1.54, 1.807) is 11.3 Å². The molecule has 164 valence electrons. The molecule has 3 N–H and O–H groups in total. The lowest BCUT2D eigenvalue weighted by atomic mass is 9.93. The Kier molecular flexibility index (Phi) is 8.27. The predicted molar refractivity (Wildman–Crippen MR) is 132 cm³/mol. The highest BCUT2D eigenvalue weighted by molar-refractivity contribution is 7.09. The second-order valence-electron chi connectivity index (χ2n) is 8.38. The van der Waals surface area contributed by atoms with E-state index >= 15 is 0 Å². The van der Waals surface area contributed by atoms with Crippen LogP contribution in [-0.2, 0) is 6.54 Å². The van der Waals surface area contributed by atoms with Gasteiger partial charge in [-0.1, -0.05) is 82.3 Å². The maximum atomic E-state index is 12.9. The molecule has 1 atom stereocenters. The number of anilines is 1. The van der Waals surface area contributed by atoms with Crippen molar-refractivity contribution >= 4 is 23.1 Å². The van der Waals surface area contributed by atoms with Crippen LogP contribution in [0, 0.1) is 0 Å². The van der Waals surface area contributed by atoms with Crippen molar-refractivity contribution in [2.24, 2.45) is 0 Å². The first-order valence-electron chi connectivity index (χ1n) is 10.9. The number of thiophene rings is 1. The minimum Gasteiger partial charge on any atom is -0.336 e. The molecule has 0 aliphatic carbocycles. The highest BCUT2D eigenvalue weighted by Crippen LogP contribution is 2.32. The van der Waals surface area contributed by atoms with Crippen LogP contribution in [0.4, 0.5) is 10.5 Å². The minimum absolute atomic E-state index is 0.0268. The molecule has 3 aromatic rings. The smallest absolute Gasteiger partial charge is 0.319 e. The molecule has 0 aliphatic rings. The number of amides is 2. The first kappa shape index (κ1) is 23.0. The number of nitrogens with one attached hydrogen (secondary N) is 3. The lowest BCUT2D eigenvalue weighted by Crippen LogP contribution is -2.37. The third-order valence-electron chi connectivity index (χ3n) is 5.38. The van der Waals surface area contributed by atoms with Gasteiger partial charge >= 0.3 is 6.03 Å². The van der Waals surface area contributed by atoms with Crippen molar-refractivity contribution in [3.05, 3.63) is 87.6 Å². The number of para-hydroxylation sites is 1.